The van der Waals surface area contributed by atoms with Gasteiger partial charge in [-0.3, -0.25) is 14.6 Å². The van der Waals surface area contributed by atoms with Crippen LogP contribution in [0.3, 0.4) is 0 Å². The molecule has 1 N–H and O–H groups in total. The van der Waals surface area contributed by atoms with Crippen LogP contribution in [0, 0.1) is 0 Å². The maximum absolute atomic E-state index is 13.2. The van der Waals surface area contributed by atoms with Crippen LogP contribution in [0.1, 0.15) is 40.3 Å². The number of benzene rings is 1. The second kappa shape index (κ2) is 8.27. The molecule has 0 radical (unpaired) electrons. The van der Waals surface area contributed by atoms with Gasteiger partial charge in [0.2, 0.25) is 0 Å². The first-order valence-corrected chi connectivity index (χ1v) is 12.0. The fraction of sp³-hybridized carbons (Fsp3) is 0.520. The lowest BCUT2D eigenvalue weighted by molar-refractivity contribution is 0.0227. The topological polar surface area (TPSA) is 77.8 Å². The van der Waals surface area contributed by atoms with Gasteiger partial charge in [0.1, 0.15) is 0 Å². The van der Waals surface area contributed by atoms with Crippen molar-refractivity contribution in [2.45, 2.75) is 31.3 Å². The Bertz CT molecular complexity index is 1150. The lowest BCUT2D eigenvalue weighted by Gasteiger charge is -2.49. The molecule has 1 amide bonds. The van der Waals surface area contributed by atoms with E-state index in [9.17, 15) is 4.79 Å². The zero-order valence-electron chi connectivity index (χ0n) is 19.2. The highest BCUT2D eigenvalue weighted by Gasteiger charge is 2.45. The number of ether oxygens (including phenoxy) is 1. The molecule has 2 aromatic heterocycles. The van der Waals surface area contributed by atoms with Gasteiger partial charge in [-0.2, -0.15) is 0 Å². The van der Waals surface area contributed by atoms with Crippen molar-refractivity contribution in [1.82, 2.24) is 24.8 Å². The minimum atomic E-state index is -0.0469. The number of aromatic amines is 1. The van der Waals surface area contributed by atoms with Crippen LogP contribution in [0.5, 0.6) is 0 Å². The number of carbonyl (C=O) groups excluding carboxylic acids is 1. The molecule has 0 aliphatic carbocycles. The lowest BCUT2D eigenvalue weighted by atomic mass is 9.78. The van der Waals surface area contributed by atoms with E-state index in [0.717, 1.165) is 57.9 Å². The Labute approximate surface area is 193 Å². The Hall–Kier alpha value is -2.68. The molecule has 1 aromatic carbocycles. The third-order valence-corrected chi connectivity index (χ3v) is 7.85. The number of H-pyrrole nitrogens is 1. The molecule has 3 aliphatic rings. The van der Waals surface area contributed by atoms with Gasteiger partial charge in [0, 0.05) is 55.4 Å². The standard InChI is InChI=1S/C25H31N5O3/c1-28-9-6-20-19-4-2-3-5-21(19)26-23(20)25(28)7-10-30(11-8-25)24(31)22-16-18(33-27-22)17-29-12-14-32-15-13-29/h2-5,16,26H,6-15,17H2,1H3. The number of nitrogens with one attached hydrogen (secondary N) is 1. The Morgan fingerprint density at radius 2 is 1.91 bits per heavy atom. The average Bonchev–Trinajstić information content (AvgIpc) is 3.47. The monoisotopic (exact) mass is 449 g/mol. The quantitative estimate of drug-likeness (QED) is 0.662. The van der Waals surface area contributed by atoms with Gasteiger partial charge < -0.3 is 19.1 Å². The highest BCUT2D eigenvalue weighted by molar-refractivity contribution is 5.92. The van der Waals surface area contributed by atoms with Crippen molar-refractivity contribution in [2.75, 3.05) is 53.0 Å². The summed E-state index contributed by atoms with van der Waals surface area (Å²) >= 11 is 0. The van der Waals surface area contributed by atoms with Gasteiger partial charge in [-0.1, -0.05) is 23.4 Å². The first-order valence-electron chi connectivity index (χ1n) is 12.0. The van der Waals surface area contributed by atoms with E-state index >= 15 is 0 Å². The highest BCUT2D eigenvalue weighted by Crippen LogP contribution is 2.44. The summed E-state index contributed by atoms with van der Waals surface area (Å²) in [6.07, 6.45) is 2.88. The number of morpholine rings is 1. The Balaban J connectivity index is 1.17. The van der Waals surface area contributed by atoms with E-state index in [1.807, 2.05) is 11.0 Å². The predicted molar refractivity (Wildman–Crippen MR) is 124 cm³/mol. The molecule has 2 fully saturated rings. The molecule has 2 saturated heterocycles. The Kier molecular flexibility index (Phi) is 5.24. The van der Waals surface area contributed by atoms with E-state index in [1.165, 1.54) is 22.2 Å². The molecule has 3 aromatic rings. The number of fused-ring (bicyclic) bond motifs is 4. The molecule has 174 valence electrons. The van der Waals surface area contributed by atoms with E-state index < -0.39 is 0 Å². The maximum atomic E-state index is 13.2. The summed E-state index contributed by atoms with van der Waals surface area (Å²) in [6.45, 7) is 6.36. The van der Waals surface area contributed by atoms with Crippen molar-refractivity contribution in [3.05, 3.63) is 53.0 Å². The number of hydrogen-bond acceptors (Lipinski definition) is 6. The van der Waals surface area contributed by atoms with Crippen LogP contribution in [0.25, 0.3) is 10.9 Å². The molecule has 8 nitrogen and oxygen atoms in total. The number of nitrogens with zero attached hydrogens (tertiary/aromatic N) is 4. The minimum absolute atomic E-state index is 0.0304. The second-order valence-corrected chi connectivity index (χ2v) is 9.59. The van der Waals surface area contributed by atoms with Crippen molar-refractivity contribution in [3.63, 3.8) is 0 Å². The molecular weight excluding hydrogens is 418 g/mol. The van der Waals surface area contributed by atoms with Gasteiger partial charge in [0.05, 0.1) is 25.3 Å². The number of rotatable bonds is 3. The van der Waals surface area contributed by atoms with E-state index in [4.69, 9.17) is 9.26 Å². The SMILES string of the molecule is CN1CCc2c([nH]c3ccccc23)C12CCN(C(=O)c1cc(CN3CCOCC3)on1)CC2. The van der Waals surface area contributed by atoms with Crippen molar-refractivity contribution in [1.29, 1.82) is 0 Å². The fourth-order valence-corrected chi connectivity index (χ4v) is 5.88. The largest absolute Gasteiger partial charge is 0.379 e. The smallest absolute Gasteiger partial charge is 0.276 e. The third kappa shape index (κ3) is 3.57. The van der Waals surface area contributed by atoms with Crippen LogP contribution >= 0.6 is 0 Å². The summed E-state index contributed by atoms with van der Waals surface area (Å²) in [7, 11) is 2.22. The number of piperidine rings is 1. The van der Waals surface area contributed by atoms with Gasteiger partial charge in [-0.15, -0.1) is 0 Å². The molecule has 0 bridgehead atoms. The number of likely N-dealkylation sites (N-methyl/N-ethyl adjacent to an activating group) is 1. The second-order valence-electron chi connectivity index (χ2n) is 9.59. The molecule has 0 saturated carbocycles. The maximum Gasteiger partial charge on any atom is 0.276 e. The first-order chi connectivity index (χ1) is 16.1. The number of amides is 1. The van der Waals surface area contributed by atoms with Crippen LogP contribution < -0.4 is 0 Å². The van der Waals surface area contributed by atoms with Crippen molar-refractivity contribution < 1.29 is 14.1 Å². The zero-order valence-corrected chi connectivity index (χ0v) is 19.2. The van der Waals surface area contributed by atoms with Gasteiger partial charge in [0.15, 0.2) is 11.5 Å². The third-order valence-electron chi connectivity index (χ3n) is 7.85. The predicted octanol–water partition coefficient (Wildman–Crippen LogP) is 2.61. The van der Waals surface area contributed by atoms with Crippen LogP contribution in [0.2, 0.25) is 0 Å². The van der Waals surface area contributed by atoms with Crippen molar-refractivity contribution >= 4 is 16.8 Å². The molecule has 5 heterocycles. The summed E-state index contributed by atoms with van der Waals surface area (Å²) in [4.78, 5) is 23.6. The van der Waals surface area contributed by atoms with Gasteiger partial charge >= 0.3 is 0 Å². The van der Waals surface area contributed by atoms with E-state index in [0.29, 0.717) is 25.3 Å². The Morgan fingerprint density at radius 1 is 1.12 bits per heavy atom. The highest BCUT2D eigenvalue weighted by atomic mass is 16.5. The summed E-state index contributed by atoms with van der Waals surface area (Å²) in [5, 5.41) is 5.44. The summed E-state index contributed by atoms with van der Waals surface area (Å²) < 4.78 is 10.9. The number of para-hydroxylation sites is 1. The molecule has 8 heteroatoms. The van der Waals surface area contributed by atoms with Crippen LogP contribution in [-0.4, -0.2) is 83.7 Å². The average molecular weight is 450 g/mol. The number of aromatic nitrogens is 2. The molecule has 33 heavy (non-hydrogen) atoms. The van der Waals surface area contributed by atoms with Gasteiger partial charge in [-0.05, 0) is 37.9 Å². The molecule has 0 atom stereocenters. The fourth-order valence-electron chi connectivity index (χ4n) is 5.88. The number of likely N-dealkylation sites (tertiary alicyclic amines) is 1. The van der Waals surface area contributed by atoms with E-state index in [1.54, 1.807) is 0 Å². The van der Waals surface area contributed by atoms with Gasteiger partial charge in [-0.25, -0.2) is 0 Å². The van der Waals surface area contributed by atoms with E-state index in [-0.39, 0.29) is 11.4 Å². The molecule has 1 spiro atoms. The van der Waals surface area contributed by atoms with Gasteiger partial charge in [0.25, 0.3) is 5.91 Å². The minimum Gasteiger partial charge on any atom is -0.379 e. The van der Waals surface area contributed by atoms with Crippen molar-refractivity contribution in [3.8, 4) is 0 Å². The molecule has 3 aliphatic heterocycles. The van der Waals surface area contributed by atoms with Crippen molar-refractivity contribution in [2.24, 2.45) is 0 Å². The summed E-state index contributed by atoms with van der Waals surface area (Å²) in [5.41, 5.74) is 4.38. The molecular formula is C25H31N5O3. The number of hydrogen-bond donors (Lipinski definition) is 1. The summed E-state index contributed by atoms with van der Waals surface area (Å²) in [6, 6.07) is 10.4. The first kappa shape index (κ1) is 20.9. The Morgan fingerprint density at radius 3 is 2.73 bits per heavy atom. The van der Waals surface area contributed by atoms with Crippen LogP contribution in [-0.2, 0) is 23.2 Å². The summed E-state index contributed by atoms with van der Waals surface area (Å²) in [5.74, 6) is 0.709. The van der Waals surface area contributed by atoms with Crippen LogP contribution in [0.15, 0.2) is 34.9 Å². The normalized spacial score (nSPS) is 21.5. The number of carbonyl (C=O) groups is 1. The molecule has 6 rings (SSSR count). The molecule has 0 unspecified atom stereocenters. The lowest BCUT2D eigenvalue weighted by Crippen LogP contribution is -2.55. The zero-order chi connectivity index (χ0) is 22.4. The van der Waals surface area contributed by atoms with Crippen LogP contribution in [0.4, 0.5) is 0 Å². The van der Waals surface area contributed by atoms with E-state index in [2.05, 4.69) is 51.3 Å².